The van der Waals surface area contributed by atoms with Crippen LogP contribution < -0.4 is 10.9 Å². The molecule has 0 bridgehead atoms. The maximum atomic E-state index is 13.0. The summed E-state index contributed by atoms with van der Waals surface area (Å²) in [5.74, 6) is -0.0153. The van der Waals surface area contributed by atoms with Gasteiger partial charge in [0.05, 0.1) is 11.1 Å². The van der Waals surface area contributed by atoms with E-state index in [4.69, 9.17) is 16.6 Å². The molecule has 0 radical (unpaired) electrons. The van der Waals surface area contributed by atoms with Crippen LogP contribution in [0.5, 0.6) is 0 Å². The van der Waals surface area contributed by atoms with Crippen LogP contribution >= 0.6 is 34.7 Å². The first-order valence-electron chi connectivity index (χ1n) is 8.90. The second-order valence-corrected chi connectivity index (χ2v) is 9.43. The quantitative estimate of drug-likeness (QED) is 0.433. The molecule has 0 aliphatic carbocycles. The van der Waals surface area contributed by atoms with Gasteiger partial charge in [-0.15, -0.1) is 11.3 Å². The molecule has 1 amide bonds. The van der Waals surface area contributed by atoms with E-state index >= 15 is 0 Å². The van der Waals surface area contributed by atoms with Crippen LogP contribution in [0.1, 0.15) is 35.9 Å². The normalized spacial score (nSPS) is 11.4. The Balaban J connectivity index is 1.87. The molecule has 0 saturated heterocycles. The number of anilines is 1. The Morgan fingerprint density at radius 3 is 2.68 bits per heavy atom. The molecular weight excluding hydrogens is 414 g/mol. The summed E-state index contributed by atoms with van der Waals surface area (Å²) in [4.78, 5) is 32.0. The third kappa shape index (κ3) is 3.97. The zero-order chi connectivity index (χ0) is 20.6. The molecule has 0 atom stereocenters. The number of amides is 1. The monoisotopic (exact) mass is 435 g/mol. The van der Waals surface area contributed by atoms with Crippen LogP contribution in [0.4, 0.5) is 5.69 Å². The van der Waals surface area contributed by atoms with Gasteiger partial charge < -0.3 is 5.32 Å². The SMILES string of the molecule is Cc1sc2nc(SCC(=O)Nc3cccc(Cl)c3C)n(C(C)C)c(=O)c2c1C. The number of carbonyl (C=O) groups excluding carboxylic acids is 1. The van der Waals surface area contributed by atoms with Crippen molar-refractivity contribution in [3.8, 4) is 0 Å². The Hall–Kier alpha value is -1.83. The molecule has 1 aromatic carbocycles. The average Bonchev–Trinajstić information content (AvgIpc) is 2.91. The molecule has 0 fully saturated rings. The fourth-order valence-corrected chi connectivity index (χ4v) is 5.08. The predicted molar refractivity (Wildman–Crippen MR) is 119 cm³/mol. The van der Waals surface area contributed by atoms with Gasteiger partial charge in [-0.05, 0) is 57.9 Å². The smallest absolute Gasteiger partial charge is 0.263 e. The van der Waals surface area contributed by atoms with Crippen molar-refractivity contribution >= 4 is 56.5 Å². The van der Waals surface area contributed by atoms with Crippen LogP contribution in [-0.2, 0) is 4.79 Å². The number of carbonyl (C=O) groups is 1. The van der Waals surface area contributed by atoms with Crippen molar-refractivity contribution in [2.75, 3.05) is 11.1 Å². The van der Waals surface area contributed by atoms with E-state index in [1.165, 1.54) is 23.1 Å². The van der Waals surface area contributed by atoms with Gasteiger partial charge in [0.25, 0.3) is 5.56 Å². The molecule has 3 rings (SSSR count). The van der Waals surface area contributed by atoms with Crippen LogP contribution in [0.25, 0.3) is 10.2 Å². The number of aryl methyl sites for hydroxylation is 2. The molecule has 148 valence electrons. The van der Waals surface area contributed by atoms with E-state index in [2.05, 4.69) is 5.32 Å². The van der Waals surface area contributed by atoms with Gasteiger partial charge in [0.1, 0.15) is 4.83 Å². The number of thioether (sulfide) groups is 1. The molecule has 3 aromatic rings. The van der Waals surface area contributed by atoms with E-state index in [-0.39, 0.29) is 23.3 Å². The molecule has 0 unspecified atom stereocenters. The Morgan fingerprint density at radius 1 is 1.29 bits per heavy atom. The van der Waals surface area contributed by atoms with Crippen molar-refractivity contribution < 1.29 is 4.79 Å². The molecule has 1 N–H and O–H groups in total. The third-order valence-corrected chi connectivity index (χ3v) is 7.06. The third-order valence-electron chi connectivity index (χ3n) is 4.59. The number of nitrogens with zero attached hydrogens (tertiary/aromatic N) is 2. The lowest BCUT2D eigenvalue weighted by Gasteiger charge is -2.15. The number of hydrogen-bond donors (Lipinski definition) is 1. The summed E-state index contributed by atoms with van der Waals surface area (Å²) >= 11 is 8.90. The molecule has 2 heterocycles. The molecule has 0 aliphatic heterocycles. The zero-order valence-corrected chi connectivity index (χ0v) is 18.8. The van der Waals surface area contributed by atoms with Crippen molar-refractivity contribution in [1.29, 1.82) is 0 Å². The minimum absolute atomic E-state index is 0.0459. The molecule has 0 saturated carbocycles. The maximum Gasteiger partial charge on any atom is 0.263 e. The second-order valence-electron chi connectivity index (χ2n) is 6.88. The Morgan fingerprint density at radius 2 is 2.00 bits per heavy atom. The van der Waals surface area contributed by atoms with E-state index in [1.807, 2.05) is 40.7 Å². The standard InChI is InChI=1S/C20H22ClN3O2S2/c1-10(2)24-19(26)17-11(3)13(5)28-18(17)23-20(24)27-9-16(25)22-15-8-6-7-14(21)12(15)4/h6-8,10H,9H2,1-5H3,(H,22,25). The number of rotatable bonds is 5. The lowest BCUT2D eigenvalue weighted by atomic mass is 10.2. The summed E-state index contributed by atoms with van der Waals surface area (Å²) in [5, 5.41) is 4.73. The largest absolute Gasteiger partial charge is 0.325 e. The van der Waals surface area contributed by atoms with E-state index in [0.29, 0.717) is 21.3 Å². The van der Waals surface area contributed by atoms with Gasteiger partial charge in [-0.1, -0.05) is 29.4 Å². The molecular formula is C20H22ClN3O2S2. The first-order chi connectivity index (χ1) is 13.2. The second kappa shape index (κ2) is 8.27. The average molecular weight is 436 g/mol. The van der Waals surface area contributed by atoms with Crippen molar-refractivity contribution in [3.05, 3.63) is 49.6 Å². The lowest BCUT2D eigenvalue weighted by Crippen LogP contribution is -2.25. The van der Waals surface area contributed by atoms with Gasteiger partial charge in [0.15, 0.2) is 5.16 Å². The summed E-state index contributed by atoms with van der Waals surface area (Å²) in [6, 6.07) is 5.35. The maximum absolute atomic E-state index is 13.0. The number of nitrogens with one attached hydrogen (secondary N) is 1. The number of aromatic nitrogens is 2. The van der Waals surface area contributed by atoms with E-state index < -0.39 is 0 Å². The Labute approximate surface area is 177 Å². The van der Waals surface area contributed by atoms with Crippen LogP contribution in [0.2, 0.25) is 5.02 Å². The van der Waals surface area contributed by atoms with Gasteiger partial charge in [0, 0.05) is 21.6 Å². The molecule has 5 nitrogen and oxygen atoms in total. The Bertz CT molecular complexity index is 1120. The van der Waals surface area contributed by atoms with E-state index in [9.17, 15) is 9.59 Å². The van der Waals surface area contributed by atoms with Gasteiger partial charge >= 0.3 is 0 Å². The first kappa shape index (κ1) is 20.9. The number of halogens is 1. The number of hydrogen-bond acceptors (Lipinski definition) is 5. The van der Waals surface area contributed by atoms with Crippen molar-refractivity contribution in [3.63, 3.8) is 0 Å². The highest BCUT2D eigenvalue weighted by Gasteiger charge is 2.19. The van der Waals surface area contributed by atoms with Crippen molar-refractivity contribution in [2.45, 2.75) is 45.8 Å². The number of fused-ring (bicyclic) bond motifs is 1. The molecule has 8 heteroatoms. The fraction of sp³-hybridized carbons (Fsp3) is 0.350. The number of thiophene rings is 1. The molecule has 2 aromatic heterocycles. The highest BCUT2D eigenvalue weighted by molar-refractivity contribution is 7.99. The first-order valence-corrected chi connectivity index (χ1v) is 11.1. The summed E-state index contributed by atoms with van der Waals surface area (Å²) in [7, 11) is 0. The summed E-state index contributed by atoms with van der Waals surface area (Å²) in [6.45, 7) is 9.70. The predicted octanol–water partition coefficient (Wildman–Crippen LogP) is 5.35. The highest BCUT2D eigenvalue weighted by Crippen LogP contribution is 2.29. The zero-order valence-electron chi connectivity index (χ0n) is 16.4. The molecule has 28 heavy (non-hydrogen) atoms. The van der Waals surface area contributed by atoms with Gasteiger partial charge in [-0.2, -0.15) is 0 Å². The van der Waals surface area contributed by atoms with Crippen LogP contribution in [0.3, 0.4) is 0 Å². The van der Waals surface area contributed by atoms with Gasteiger partial charge in [-0.25, -0.2) is 4.98 Å². The molecule has 0 spiro atoms. The Kier molecular flexibility index (Phi) is 6.17. The minimum atomic E-state index is -0.168. The number of benzene rings is 1. The van der Waals surface area contributed by atoms with Crippen molar-refractivity contribution in [1.82, 2.24) is 9.55 Å². The highest BCUT2D eigenvalue weighted by atomic mass is 35.5. The van der Waals surface area contributed by atoms with Gasteiger partial charge in [0.2, 0.25) is 5.91 Å². The summed E-state index contributed by atoms with van der Waals surface area (Å²) in [6.07, 6.45) is 0. The van der Waals surface area contributed by atoms with Gasteiger partial charge in [-0.3, -0.25) is 14.2 Å². The van der Waals surface area contributed by atoms with Crippen LogP contribution in [-0.4, -0.2) is 21.2 Å². The lowest BCUT2D eigenvalue weighted by molar-refractivity contribution is -0.113. The van der Waals surface area contributed by atoms with Crippen molar-refractivity contribution in [2.24, 2.45) is 0 Å². The van der Waals surface area contributed by atoms with E-state index in [1.54, 1.807) is 16.7 Å². The summed E-state index contributed by atoms with van der Waals surface area (Å²) in [5.41, 5.74) is 2.45. The van der Waals surface area contributed by atoms with Crippen LogP contribution in [0, 0.1) is 20.8 Å². The fourth-order valence-electron chi connectivity index (χ4n) is 2.90. The van der Waals surface area contributed by atoms with Crippen LogP contribution in [0.15, 0.2) is 28.2 Å². The summed E-state index contributed by atoms with van der Waals surface area (Å²) < 4.78 is 1.67. The van der Waals surface area contributed by atoms with E-state index in [0.717, 1.165) is 20.8 Å². The molecule has 0 aliphatic rings. The topological polar surface area (TPSA) is 64.0 Å². The minimum Gasteiger partial charge on any atom is -0.325 e.